The van der Waals surface area contributed by atoms with Gasteiger partial charge in [-0.15, -0.1) is 11.6 Å². The van der Waals surface area contributed by atoms with Crippen LogP contribution in [0.4, 0.5) is 0 Å². The molecule has 0 aliphatic carbocycles. The van der Waals surface area contributed by atoms with Gasteiger partial charge in [0.1, 0.15) is 0 Å². The maximum absolute atomic E-state index is 12.1. The largest absolute Gasteiger partial charge is 0.354 e. The van der Waals surface area contributed by atoms with Crippen LogP contribution in [0.1, 0.15) is 18.4 Å². The van der Waals surface area contributed by atoms with Crippen molar-refractivity contribution >= 4 is 29.3 Å². The van der Waals surface area contributed by atoms with Crippen LogP contribution in [0, 0.1) is 5.92 Å². The summed E-state index contributed by atoms with van der Waals surface area (Å²) in [6.45, 7) is 1.65. The number of nitrogens with one attached hydrogen (secondary N) is 2. The maximum Gasteiger partial charge on any atom is 0.225 e. The summed E-state index contributed by atoms with van der Waals surface area (Å²) >= 11 is 5.46. The third-order valence-corrected chi connectivity index (χ3v) is 4.06. The minimum atomic E-state index is -0.334. The van der Waals surface area contributed by atoms with Gasteiger partial charge in [-0.25, -0.2) is 0 Å². The van der Waals surface area contributed by atoms with Crippen LogP contribution in [0.3, 0.4) is 0 Å². The average Bonchev–Trinajstić information content (AvgIpc) is 2.93. The van der Waals surface area contributed by atoms with Gasteiger partial charge >= 0.3 is 0 Å². The molecular formula is C17H22ClN3O3. The van der Waals surface area contributed by atoms with Gasteiger partial charge < -0.3 is 15.5 Å². The lowest BCUT2D eigenvalue weighted by Crippen LogP contribution is -2.38. The Morgan fingerprint density at radius 1 is 1.17 bits per heavy atom. The van der Waals surface area contributed by atoms with Crippen LogP contribution >= 0.6 is 11.6 Å². The van der Waals surface area contributed by atoms with E-state index in [0.717, 1.165) is 5.56 Å². The topological polar surface area (TPSA) is 78.5 Å². The Labute approximate surface area is 146 Å². The van der Waals surface area contributed by atoms with Gasteiger partial charge in [-0.3, -0.25) is 14.4 Å². The molecule has 2 rings (SSSR count). The Balaban J connectivity index is 1.72. The Morgan fingerprint density at radius 3 is 2.58 bits per heavy atom. The predicted octanol–water partition coefficient (Wildman–Crippen LogP) is 0.896. The summed E-state index contributed by atoms with van der Waals surface area (Å²) in [7, 11) is 0. The number of halogens is 1. The Morgan fingerprint density at radius 2 is 1.88 bits per heavy atom. The van der Waals surface area contributed by atoms with Crippen molar-refractivity contribution in [2.75, 3.05) is 25.5 Å². The van der Waals surface area contributed by atoms with E-state index in [2.05, 4.69) is 10.6 Å². The fourth-order valence-corrected chi connectivity index (χ4v) is 2.78. The van der Waals surface area contributed by atoms with Crippen LogP contribution in [-0.2, 0) is 20.9 Å². The highest BCUT2D eigenvalue weighted by Crippen LogP contribution is 2.20. The van der Waals surface area contributed by atoms with E-state index in [1.807, 2.05) is 30.3 Å². The van der Waals surface area contributed by atoms with Crippen molar-refractivity contribution < 1.29 is 14.4 Å². The van der Waals surface area contributed by atoms with Crippen LogP contribution in [0.2, 0.25) is 0 Å². The van der Waals surface area contributed by atoms with Crippen LogP contribution in [0.5, 0.6) is 0 Å². The van der Waals surface area contributed by atoms with Crippen molar-refractivity contribution in [2.24, 2.45) is 5.92 Å². The minimum Gasteiger partial charge on any atom is -0.354 e. The molecule has 3 amide bonds. The number of carbonyl (C=O) groups is 3. The first kappa shape index (κ1) is 18.3. The standard InChI is InChI=1S/C17H22ClN3O3/c18-7-6-15(22)19-8-9-20-17(24)14-10-16(23)21(12-14)11-13-4-2-1-3-5-13/h1-5,14H,6-12H2,(H,19,22)(H,20,24). The highest BCUT2D eigenvalue weighted by molar-refractivity contribution is 6.18. The molecule has 1 saturated heterocycles. The van der Waals surface area contributed by atoms with Crippen LogP contribution < -0.4 is 10.6 Å². The Kier molecular flexibility index (Phi) is 7.06. The van der Waals surface area contributed by atoms with Gasteiger partial charge in [0.25, 0.3) is 0 Å². The summed E-state index contributed by atoms with van der Waals surface area (Å²) in [4.78, 5) is 37.2. The van der Waals surface area contributed by atoms with E-state index >= 15 is 0 Å². The van der Waals surface area contributed by atoms with Crippen molar-refractivity contribution in [3.8, 4) is 0 Å². The molecule has 0 spiro atoms. The van der Waals surface area contributed by atoms with Gasteiger partial charge in [0, 0.05) is 44.9 Å². The highest BCUT2D eigenvalue weighted by Gasteiger charge is 2.33. The SMILES string of the molecule is O=C(CCCl)NCCNC(=O)C1CC(=O)N(Cc2ccccc2)C1. The zero-order valence-corrected chi connectivity index (χ0v) is 14.2. The number of alkyl halides is 1. The molecule has 0 radical (unpaired) electrons. The molecule has 2 N–H and O–H groups in total. The molecule has 0 saturated carbocycles. The van der Waals surface area contributed by atoms with Gasteiger partial charge in [-0.05, 0) is 5.56 Å². The van der Waals surface area contributed by atoms with Crippen LogP contribution in [0.15, 0.2) is 30.3 Å². The molecule has 7 heteroatoms. The molecule has 130 valence electrons. The number of hydrogen-bond donors (Lipinski definition) is 2. The third-order valence-electron chi connectivity index (χ3n) is 3.87. The summed E-state index contributed by atoms with van der Waals surface area (Å²) in [5.41, 5.74) is 1.05. The quantitative estimate of drug-likeness (QED) is 0.539. The highest BCUT2D eigenvalue weighted by atomic mass is 35.5. The zero-order chi connectivity index (χ0) is 17.4. The second kappa shape index (κ2) is 9.27. The van der Waals surface area contributed by atoms with Crippen molar-refractivity contribution in [2.45, 2.75) is 19.4 Å². The molecule has 6 nitrogen and oxygen atoms in total. The molecule has 1 atom stereocenters. The number of benzene rings is 1. The molecule has 24 heavy (non-hydrogen) atoms. The van der Waals surface area contributed by atoms with E-state index in [1.54, 1.807) is 4.90 Å². The fraction of sp³-hybridized carbons (Fsp3) is 0.471. The number of nitrogens with zero attached hydrogens (tertiary/aromatic N) is 1. The molecule has 1 heterocycles. The lowest BCUT2D eigenvalue weighted by molar-refractivity contribution is -0.129. The van der Waals surface area contributed by atoms with Crippen LogP contribution in [0.25, 0.3) is 0 Å². The third kappa shape index (κ3) is 5.53. The van der Waals surface area contributed by atoms with Crippen molar-refractivity contribution in [1.82, 2.24) is 15.5 Å². The van der Waals surface area contributed by atoms with Crippen molar-refractivity contribution in [1.29, 1.82) is 0 Å². The van der Waals surface area contributed by atoms with Gasteiger partial charge in [-0.1, -0.05) is 30.3 Å². The number of carbonyl (C=O) groups excluding carboxylic acids is 3. The summed E-state index contributed by atoms with van der Waals surface area (Å²) in [6.07, 6.45) is 0.498. The molecule has 1 aliphatic heterocycles. The van der Waals surface area contributed by atoms with Crippen molar-refractivity contribution in [3.63, 3.8) is 0 Å². The summed E-state index contributed by atoms with van der Waals surface area (Å²) < 4.78 is 0. The number of rotatable bonds is 8. The van der Waals surface area contributed by atoms with E-state index in [4.69, 9.17) is 11.6 Å². The van der Waals surface area contributed by atoms with Gasteiger partial charge in [0.05, 0.1) is 5.92 Å². The zero-order valence-electron chi connectivity index (χ0n) is 13.5. The second-order valence-corrected chi connectivity index (χ2v) is 6.12. The molecule has 0 bridgehead atoms. The minimum absolute atomic E-state index is 0.00517. The molecule has 1 aromatic carbocycles. The van der Waals surface area contributed by atoms with Gasteiger partial charge in [0.2, 0.25) is 17.7 Å². The number of amides is 3. The fourth-order valence-electron chi connectivity index (χ4n) is 2.61. The molecular weight excluding hydrogens is 330 g/mol. The van der Waals surface area contributed by atoms with Gasteiger partial charge in [0.15, 0.2) is 0 Å². The molecule has 1 unspecified atom stereocenters. The van der Waals surface area contributed by atoms with E-state index in [1.165, 1.54) is 0 Å². The Hall–Kier alpha value is -2.08. The normalized spacial score (nSPS) is 17.0. The van der Waals surface area contributed by atoms with Crippen LogP contribution in [-0.4, -0.2) is 48.1 Å². The lowest BCUT2D eigenvalue weighted by Gasteiger charge is -2.16. The van der Waals surface area contributed by atoms with E-state index in [0.29, 0.717) is 26.2 Å². The first-order chi connectivity index (χ1) is 11.6. The summed E-state index contributed by atoms with van der Waals surface area (Å²) in [5.74, 6) is -0.344. The predicted molar refractivity (Wildman–Crippen MR) is 91.3 cm³/mol. The summed E-state index contributed by atoms with van der Waals surface area (Å²) in [6, 6.07) is 9.71. The maximum atomic E-state index is 12.1. The Bertz CT molecular complexity index is 580. The average molecular weight is 352 g/mol. The first-order valence-electron chi connectivity index (χ1n) is 8.02. The molecule has 0 aromatic heterocycles. The lowest BCUT2D eigenvalue weighted by atomic mass is 10.1. The van der Waals surface area contributed by atoms with Gasteiger partial charge in [-0.2, -0.15) is 0 Å². The molecule has 1 aliphatic rings. The number of hydrogen-bond acceptors (Lipinski definition) is 3. The first-order valence-corrected chi connectivity index (χ1v) is 8.55. The number of likely N-dealkylation sites (tertiary alicyclic amines) is 1. The smallest absolute Gasteiger partial charge is 0.225 e. The van der Waals surface area contributed by atoms with E-state index in [9.17, 15) is 14.4 Å². The van der Waals surface area contributed by atoms with E-state index < -0.39 is 0 Å². The summed E-state index contributed by atoms with van der Waals surface area (Å²) in [5, 5.41) is 5.43. The second-order valence-electron chi connectivity index (χ2n) is 5.74. The molecule has 1 fully saturated rings. The van der Waals surface area contributed by atoms with Crippen molar-refractivity contribution in [3.05, 3.63) is 35.9 Å². The van der Waals surface area contributed by atoms with E-state index in [-0.39, 0.29) is 42.4 Å². The monoisotopic (exact) mass is 351 g/mol. The molecule has 1 aromatic rings.